The van der Waals surface area contributed by atoms with E-state index in [1.54, 1.807) is 5.57 Å². The summed E-state index contributed by atoms with van der Waals surface area (Å²) in [5.74, 6) is 1.36. The van der Waals surface area contributed by atoms with Gasteiger partial charge in [0.05, 0.1) is 0 Å². The van der Waals surface area contributed by atoms with Crippen LogP contribution in [-0.4, -0.2) is 0 Å². The lowest BCUT2D eigenvalue weighted by Gasteiger charge is -2.22. The highest BCUT2D eigenvalue weighted by Crippen LogP contribution is 2.33. The molecular weight excluding hydrogens is 216 g/mol. The summed E-state index contributed by atoms with van der Waals surface area (Å²) in [6, 6.07) is 11.0. The van der Waals surface area contributed by atoms with Crippen LogP contribution in [0.25, 0.3) is 0 Å². The molecule has 0 radical (unpaired) electrons. The molecule has 0 aliphatic rings. The molecular formula is C18H28. The molecule has 0 N–H and O–H groups in total. The molecule has 0 saturated carbocycles. The van der Waals surface area contributed by atoms with E-state index in [0.29, 0.717) is 5.92 Å². The zero-order valence-corrected chi connectivity index (χ0v) is 12.4. The van der Waals surface area contributed by atoms with Crippen molar-refractivity contribution in [1.29, 1.82) is 0 Å². The summed E-state index contributed by atoms with van der Waals surface area (Å²) in [5, 5.41) is 0. The van der Waals surface area contributed by atoms with E-state index in [0.717, 1.165) is 5.92 Å². The van der Waals surface area contributed by atoms with Crippen molar-refractivity contribution in [2.75, 3.05) is 0 Å². The predicted molar refractivity (Wildman–Crippen MR) is 81.9 cm³/mol. The van der Waals surface area contributed by atoms with Gasteiger partial charge in [-0.05, 0) is 30.7 Å². The van der Waals surface area contributed by atoms with Crippen LogP contribution in [0.15, 0.2) is 42.0 Å². The smallest absolute Gasteiger partial charge is 0.00504 e. The molecule has 0 nitrogen and oxygen atoms in total. The van der Waals surface area contributed by atoms with Gasteiger partial charge in [-0.3, -0.25) is 0 Å². The Morgan fingerprint density at radius 2 is 1.78 bits per heavy atom. The normalized spacial score (nSPS) is 13.9. The average molecular weight is 244 g/mol. The predicted octanol–water partition coefficient (Wildman–Crippen LogP) is 5.95. The Morgan fingerprint density at radius 1 is 1.11 bits per heavy atom. The van der Waals surface area contributed by atoms with E-state index in [2.05, 4.69) is 64.1 Å². The summed E-state index contributed by atoms with van der Waals surface area (Å²) in [7, 11) is 0. The molecule has 100 valence electrons. The molecule has 0 saturated heterocycles. The second-order valence-corrected chi connectivity index (χ2v) is 5.51. The molecule has 0 fully saturated rings. The van der Waals surface area contributed by atoms with Crippen LogP contribution in [0.2, 0.25) is 0 Å². The maximum absolute atomic E-state index is 2.47. The van der Waals surface area contributed by atoms with Gasteiger partial charge in [-0.1, -0.05) is 76.1 Å². The Bertz CT molecular complexity index is 346. The Labute approximate surface area is 113 Å². The van der Waals surface area contributed by atoms with Crippen molar-refractivity contribution in [2.24, 2.45) is 5.92 Å². The minimum atomic E-state index is 0.614. The quantitative estimate of drug-likeness (QED) is 0.520. The molecule has 0 amide bonds. The fourth-order valence-corrected chi connectivity index (χ4v) is 2.52. The lowest BCUT2D eigenvalue weighted by Crippen LogP contribution is -2.06. The van der Waals surface area contributed by atoms with Gasteiger partial charge in [0.25, 0.3) is 0 Å². The third kappa shape index (κ3) is 4.68. The van der Waals surface area contributed by atoms with Crippen molar-refractivity contribution >= 4 is 0 Å². The first kappa shape index (κ1) is 15.0. The lowest BCUT2D eigenvalue weighted by atomic mass is 9.83. The molecule has 1 aromatic rings. The zero-order chi connectivity index (χ0) is 13.4. The van der Waals surface area contributed by atoms with Crippen LogP contribution in [0, 0.1) is 5.92 Å². The van der Waals surface area contributed by atoms with Crippen molar-refractivity contribution in [3.8, 4) is 0 Å². The van der Waals surface area contributed by atoms with E-state index in [9.17, 15) is 0 Å². The van der Waals surface area contributed by atoms with Crippen molar-refractivity contribution in [3.63, 3.8) is 0 Å². The first-order chi connectivity index (χ1) is 8.69. The van der Waals surface area contributed by atoms with Crippen molar-refractivity contribution in [2.45, 2.75) is 59.3 Å². The molecule has 18 heavy (non-hydrogen) atoms. The highest BCUT2D eigenvalue weighted by Gasteiger charge is 2.16. The molecule has 1 unspecified atom stereocenters. The third-order valence-corrected chi connectivity index (χ3v) is 3.46. The third-order valence-electron chi connectivity index (χ3n) is 3.46. The van der Waals surface area contributed by atoms with Gasteiger partial charge in [0.2, 0.25) is 0 Å². The monoisotopic (exact) mass is 244 g/mol. The second kappa shape index (κ2) is 8.13. The highest BCUT2D eigenvalue weighted by atomic mass is 14.2. The maximum Gasteiger partial charge on any atom is 0.00504 e. The number of hydrogen-bond acceptors (Lipinski definition) is 0. The largest absolute Gasteiger partial charge is 0.0847 e. The number of unbranched alkanes of at least 4 members (excludes halogenated alkanes) is 1. The Hall–Kier alpha value is -1.04. The van der Waals surface area contributed by atoms with Crippen molar-refractivity contribution < 1.29 is 0 Å². The first-order valence-electron chi connectivity index (χ1n) is 7.42. The summed E-state index contributed by atoms with van der Waals surface area (Å²) in [4.78, 5) is 0. The zero-order valence-electron chi connectivity index (χ0n) is 12.4. The van der Waals surface area contributed by atoms with E-state index in [4.69, 9.17) is 0 Å². The summed E-state index contributed by atoms with van der Waals surface area (Å²) in [6.45, 7) is 9.19. The molecule has 1 rings (SSSR count). The van der Waals surface area contributed by atoms with Crippen LogP contribution in [0.4, 0.5) is 0 Å². The molecule has 0 aliphatic heterocycles. The van der Waals surface area contributed by atoms with Crippen LogP contribution in [0.3, 0.4) is 0 Å². The Morgan fingerprint density at radius 3 is 2.28 bits per heavy atom. The van der Waals surface area contributed by atoms with Gasteiger partial charge < -0.3 is 0 Å². The topological polar surface area (TPSA) is 0 Å². The Balaban J connectivity index is 2.96. The standard InChI is InChI=1S/C18H28/c1-5-7-11-16(6-2)18(14-15(3)4)17-12-9-8-10-13-17/h8-13,15,18H,5-7,14H2,1-4H3/b16-11+. The summed E-state index contributed by atoms with van der Waals surface area (Å²) < 4.78 is 0. The number of benzene rings is 1. The maximum atomic E-state index is 2.47. The first-order valence-corrected chi connectivity index (χ1v) is 7.42. The van der Waals surface area contributed by atoms with E-state index < -0.39 is 0 Å². The van der Waals surface area contributed by atoms with Gasteiger partial charge in [-0.25, -0.2) is 0 Å². The second-order valence-electron chi connectivity index (χ2n) is 5.51. The van der Waals surface area contributed by atoms with Crippen LogP contribution in [-0.2, 0) is 0 Å². The summed E-state index contributed by atoms with van der Waals surface area (Å²) in [6.07, 6.45) is 7.36. The van der Waals surface area contributed by atoms with Gasteiger partial charge in [-0.2, -0.15) is 0 Å². The summed E-state index contributed by atoms with van der Waals surface area (Å²) in [5.41, 5.74) is 3.10. The molecule has 0 spiro atoms. The average Bonchev–Trinajstić information content (AvgIpc) is 2.39. The fourth-order valence-electron chi connectivity index (χ4n) is 2.52. The van der Waals surface area contributed by atoms with Gasteiger partial charge in [0.1, 0.15) is 0 Å². The minimum Gasteiger partial charge on any atom is -0.0847 e. The Kier molecular flexibility index (Phi) is 6.78. The van der Waals surface area contributed by atoms with E-state index in [1.807, 2.05) is 0 Å². The molecule has 0 aromatic heterocycles. The van der Waals surface area contributed by atoms with Crippen LogP contribution >= 0.6 is 0 Å². The SMILES string of the molecule is CCC/C=C(\CC)C(CC(C)C)c1ccccc1. The molecule has 1 atom stereocenters. The van der Waals surface area contributed by atoms with Crippen molar-refractivity contribution in [1.82, 2.24) is 0 Å². The van der Waals surface area contributed by atoms with Gasteiger partial charge in [0.15, 0.2) is 0 Å². The molecule has 1 aromatic carbocycles. The molecule has 0 heterocycles. The van der Waals surface area contributed by atoms with Gasteiger partial charge in [-0.15, -0.1) is 0 Å². The number of hydrogen-bond donors (Lipinski definition) is 0. The van der Waals surface area contributed by atoms with E-state index in [-0.39, 0.29) is 0 Å². The molecule has 0 heteroatoms. The van der Waals surface area contributed by atoms with Crippen molar-refractivity contribution in [3.05, 3.63) is 47.5 Å². The van der Waals surface area contributed by atoms with Gasteiger partial charge >= 0.3 is 0 Å². The highest BCUT2D eigenvalue weighted by molar-refractivity contribution is 5.29. The van der Waals surface area contributed by atoms with Crippen LogP contribution < -0.4 is 0 Å². The van der Waals surface area contributed by atoms with Crippen LogP contribution in [0.5, 0.6) is 0 Å². The lowest BCUT2D eigenvalue weighted by molar-refractivity contribution is 0.528. The summed E-state index contributed by atoms with van der Waals surface area (Å²) >= 11 is 0. The van der Waals surface area contributed by atoms with Gasteiger partial charge in [0, 0.05) is 5.92 Å². The molecule has 0 bridgehead atoms. The minimum absolute atomic E-state index is 0.614. The number of allylic oxidation sites excluding steroid dienone is 2. The fraction of sp³-hybridized carbons (Fsp3) is 0.556. The molecule has 0 aliphatic carbocycles. The van der Waals surface area contributed by atoms with E-state index >= 15 is 0 Å². The van der Waals surface area contributed by atoms with Crippen LogP contribution in [0.1, 0.15) is 64.9 Å². The number of rotatable bonds is 7. The van der Waals surface area contributed by atoms with E-state index in [1.165, 1.54) is 31.2 Å².